The molecular weight excluding hydrogens is 244 g/mol. The first-order valence-corrected chi connectivity index (χ1v) is 5.74. The van der Waals surface area contributed by atoms with Crippen molar-refractivity contribution in [2.45, 2.75) is 13.8 Å². The lowest BCUT2D eigenvalue weighted by atomic mass is 9.84. The van der Waals surface area contributed by atoms with E-state index in [1.54, 1.807) is 18.2 Å². The molecule has 1 aromatic rings. The molecule has 0 bridgehead atoms. The molecule has 4 heteroatoms. The molecule has 0 unspecified atom stereocenters. The summed E-state index contributed by atoms with van der Waals surface area (Å²) in [5, 5.41) is 9.63. The molecule has 1 N–H and O–H groups in total. The Kier molecular flexibility index (Phi) is 3.17. The van der Waals surface area contributed by atoms with Crippen molar-refractivity contribution in [2.24, 2.45) is 0 Å². The topological polar surface area (TPSA) is 71.4 Å². The van der Waals surface area contributed by atoms with Crippen LogP contribution in [0.2, 0.25) is 0 Å². The van der Waals surface area contributed by atoms with Crippen LogP contribution in [-0.2, 0) is 9.59 Å². The molecule has 0 amide bonds. The molecule has 2 rings (SSSR count). The van der Waals surface area contributed by atoms with E-state index in [0.29, 0.717) is 11.1 Å². The number of carbonyl (C=O) groups excluding carboxylic acids is 3. The molecule has 0 aliphatic heterocycles. The van der Waals surface area contributed by atoms with Gasteiger partial charge in [-0.25, -0.2) is 0 Å². The van der Waals surface area contributed by atoms with E-state index in [0.717, 1.165) is 6.08 Å². The predicted octanol–water partition coefficient (Wildman–Crippen LogP) is 2.26. The van der Waals surface area contributed by atoms with Crippen LogP contribution in [0, 0.1) is 0 Å². The van der Waals surface area contributed by atoms with E-state index in [4.69, 9.17) is 0 Å². The first-order valence-electron chi connectivity index (χ1n) is 5.74. The highest BCUT2D eigenvalue weighted by atomic mass is 16.3. The molecule has 19 heavy (non-hydrogen) atoms. The van der Waals surface area contributed by atoms with Gasteiger partial charge in [0.25, 0.3) is 0 Å². The van der Waals surface area contributed by atoms with Gasteiger partial charge in [0.1, 0.15) is 5.76 Å². The van der Waals surface area contributed by atoms with Gasteiger partial charge in [-0.15, -0.1) is 0 Å². The fourth-order valence-electron chi connectivity index (χ4n) is 2.17. The van der Waals surface area contributed by atoms with Crippen LogP contribution >= 0.6 is 0 Å². The van der Waals surface area contributed by atoms with E-state index in [9.17, 15) is 19.5 Å². The van der Waals surface area contributed by atoms with Crippen molar-refractivity contribution in [2.75, 3.05) is 0 Å². The number of ketones is 3. The quantitative estimate of drug-likeness (QED) is 0.500. The van der Waals surface area contributed by atoms with Crippen molar-refractivity contribution in [3.63, 3.8) is 0 Å². The van der Waals surface area contributed by atoms with Crippen LogP contribution in [0.25, 0.3) is 5.57 Å². The number of rotatable bonds is 2. The predicted molar refractivity (Wildman–Crippen MR) is 69.8 cm³/mol. The Labute approximate surface area is 110 Å². The first-order chi connectivity index (χ1) is 8.93. The van der Waals surface area contributed by atoms with Crippen molar-refractivity contribution in [3.8, 4) is 0 Å². The molecule has 0 fully saturated rings. The third-order valence-electron chi connectivity index (χ3n) is 2.94. The van der Waals surface area contributed by atoms with Gasteiger partial charge in [-0.1, -0.05) is 24.3 Å². The fraction of sp³-hybridized carbons (Fsp3) is 0.133. The molecule has 0 radical (unpaired) electrons. The van der Waals surface area contributed by atoms with Crippen molar-refractivity contribution >= 4 is 22.9 Å². The van der Waals surface area contributed by atoms with Crippen molar-refractivity contribution in [1.29, 1.82) is 0 Å². The number of aliphatic hydroxyl groups excluding tert-OH is 1. The maximum atomic E-state index is 11.8. The Balaban J connectivity index is 2.75. The SMILES string of the molecule is CC(=O)/C(C1=CC(=O)C(=O)c2ccccc21)=C(\C)O. The van der Waals surface area contributed by atoms with E-state index in [1.807, 2.05) is 0 Å². The molecule has 1 aromatic carbocycles. The average molecular weight is 256 g/mol. The maximum Gasteiger partial charge on any atom is 0.233 e. The Morgan fingerprint density at radius 2 is 1.63 bits per heavy atom. The van der Waals surface area contributed by atoms with Gasteiger partial charge in [0.2, 0.25) is 11.6 Å². The summed E-state index contributed by atoms with van der Waals surface area (Å²) in [5.41, 5.74) is 1.11. The van der Waals surface area contributed by atoms with Crippen molar-refractivity contribution < 1.29 is 19.5 Å². The molecule has 0 heterocycles. The van der Waals surface area contributed by atoms with Gasteiger partial charge in [0.05, 0.1) is 5.57 Å². The van der Waals surface area contributed by atoms with E-state index >= 15 is 0 Å². The fourth-order valence-corrected chi connectivity index (χ4v) is 2.17. The highest BCUT2D eigenvalue weighted by molar-refractivity contribution is 6.51. The zero-order chi connectivity index (χ0) is 14.2. The molecule has 0 saturated heterocycles. The minimum absolute atomic E-state index is 0.0632. The number of allylic oxidation sites excluding steroid dienone is 4. The first kappa shape index (κ1) is 13.0. The molecule has 0 atom stereocenters. The van der Waals surface area contributed by atoms with E-state index in [1.165, 1.54) is 19.9 Å². The molecule has 0 aromatic heterocycles. The van der Waals surface area contributed by atoms with Crippen LogP contribution in [0.15, 0.2) is 41.7 Å². The minimum Gasteiger partial charge on any atom is -0.512 e. The molecule has 1 aliphatic carbocycles. The van der Waals surface area contributed by atoms with Crippen LogP contribution < -0.4 is 0 Å². The van der Waals surface area contributed by atoms with Crippen LogP contribution in [0.4, 0.5) is 0 Å². The molecule has 96 valence electrons. The van der Waals surface area contributed by atoms with Gasteiger partial charge in [-0.2, -0.15) is 0 Å². The Morgan fingerprint density at radius 3 is 2.16 bits per heavy atom. The smallest absolute Gasteiger partial charge is 0.233 e. The van der Waals surface area contributed by atoms with Gasteiger partial charge in [-0.3, -0.25) is 14.4 Å². The molecule has 0 saturated carbocycles. The molecule has 1 aliphatic rings. The maximum absolute atomic E-state index is 11.8. The summed E-state index contributed by atoms with van der Waals surface area (Å²) in [7, 11) is 0. The summed E-state index contributed by atoms with van der Waals surface area (Å²) in [4.78, 5) is 35.1. The van der Waals surface area contributed by atoms with Gasteiger partial charge in [0, 0.05) is 11.1 Å². The van der Waals surface area contributed by atoms with Gasteiger partial charge in [-0.05, 0) is 25.5 Å². The monoisotopic (exact) mass is 256 g/mol. The zero-order valence-corrected chi connectivity index (χ0v) is 10.6. The van der Waals surface area contributed by atoms with E-state index in [-0.39, 0.29) is 22.7 Å². The summed E-state index contributed by atoms with van der Waals surface area (Å²) in [5.74, 6) is -1.81. The number of benzene rings is 1. The summed E-state index contributed by atoms with van der Waals surface area (Å²) >= 11 is 0. The second kappa shape index (κ2) is 4.65. The second-order valence-electron chi connectivity index (χ2n) is 4.31. The standard InChI is InChI=1S/C15H12O4/c1-8(16)14(9(2)17)12-7-13(18)15(19)11-6-4-3-5-10(11)12/h3-7,16H,1-2H3/b14-8-. The molecule has 0 spiro atoms. The number of Topliss-reactive ketones (excluding diaryl/α,β-unsaturated/α-hetero) is 2. The average Bonchev–Trinajstić information content (AvgIpc) is 2.34. The van der Waals surface area contributed by atoms with Crippen LogP contribution in [0.5, 0.6) is 0 Å². The van der Waals surface area contributed by atoms with E-state index in [2.05, 4.69) is 0 Å². The lowest BCUT2D eigenvalue weighted by Crippen LogP contribution is -2.20. The third kappa shape index (κ3) is 2.12. The zero-order valence-electron chi connectivity index (χ0n) is 10.6. The van der Waals surface area contributed by atoms with Crippen molar-refractivity contribution in [1.82, 2.24) is 0 Å². The highest BCUT2D eigenvalue weighted by Crippen LogP contribution is 2.32. The van der Waals surface area contributed by atoms with Gasteiger partial charge >= 0.3 is 0 Å². The second-order valence-corrected chi connectivity index (χ2v) is 4.31. The summed E-state index contributed by atoms with van der Waals surface area (Å²) in [6.07, 6.45) is 1.11. The Bertz CT molecular complexity index is 658. The summed E-state index contributed by atoms with van der Waals surface area (Å²) < 4.78 is 0. The number of aliphatic hydroxyl groups is 1. The van der Waals surface area contributed by atoms with Gasteiger partial charge in [0.15, 0.2) is 5.78 Å². The third-order valence-corrected chi connectivity index (χ3v) is 2.94. The van der Waals surface area contributed by atoms with Crippen LogP contribution in [0.1, 0.15) is 29.8 Å². The summed E-state index contributed by atoms with van der Waals surface area (Å²) in [6, 6.07) is 6.54. The lowest BCUT2D eigenvalue weighted by molar-refractivity contribution is -0.113. The van der Waals surface area contributed by atoms with Crippen LogP contribution in [0.3, 0.4) is 0 Å². The lowest BCUT2D eigenvalue weighted by Gasteiger charge is -2.17. The van der Waals surface area contributed by atoms with Crippen LogP contribution in [-0.4, -0.2) is 22.5 Å². The normalized spacial score (nSPS) is 15.6. The van der Waals surface area contributed by atoms with Gasteiger partial charge < -0.3 is 5.11 Å². The number of hydrogen-bond acceptors (Lipinski definition) is 4. The molecule has 4 nitrogen and oxygen atoms in total. The molecular formula is C15H12O4. The number of fused-ring (bicyclic) bond motifs is 1. The highest BCUT2D eigenvalue weighted by Gasteiger charge is 2.29. The van der Waals surface area contributed by atoms with Crippen molar-refractivity contribution in [3.05, 3.63) is 52.8 Å². The Hall–Kier alpha value is -2.49. The summed E-state index contributed by atoms with van der Waals surface area (Å²) in [6.45, 7) is 2.68. The Morgan fingerprint density at radius 1 is 1.05 bits per heavy atom. The minimum atomic E-state index is -0.686. The number of hydrogen-bond donors (Lipinski definition) is 1. The number of carbonyl (C=O) groups is 3. The largest absolute Gasteiger partial charge is 0.512 e. The van der Waals surface area contributed by atoms with E-state index < -0.39 is 11.6 Å².